The molecule has 1 aromatic carbocycles. The molecule has 4 N–H and O–H groups in total. The summed E-state index contributed by atoms with van der Waals surface area (Å²) in [6, 6.07) is 3.59. The van der Waals surface area contributed by atoms with E-state index in [4.69, 9.17) is 10.8 Å². The second kappa shape index (κ2) is 9.57. The Bertz CT molecular complexity index is 1100. The first-order valence-electron chi connectivity index (χ1n) is 13.1. The summed E-state index contributed by atoms with van der Waals surface area (Å²) in [7, 11) is 0. The Kier molecular flexibility index (Phi) is 7.02. The molecule has 2 atom stereocenters. The predicted molar refractivity (Wildman–Crippen MR) is 140 cm³/mol. The highest BCUT2D eigenvalue weighted by atomic mass is 19.1. The fourth-order valence-corrected chi connectivity index (χ4v) is 5.60. The quantitative estimate of drug-likeness (QED) is 0.521. The number of fused-ring (bicyclic) bond motifs is 1. The summed E-state index contributed by atoms with van der Waals surface area (Å²) in [6.07, 6.45) is 7.22. The van der Waals surface area contributed by atoms with E-state index in [0.717, 1.165) is 62.9 Å². The van der Waals surface area contributed by atoms with Crippen molar-refractivity contribution in [3.8, 4) is 5.69 Å². The number of aryl methyl sites for hydroxylation is 1. The van der Waals surface area contributed by atoms with Crippen molar-refractivity contribution in [1.82, 2.24) is 15.1 Å². The van der Waals surface area contributed by atoms with Crippen LogP contribution in [0.5, 0.6) is 0 Å². The number of halogens is 1. The van der Waals surface area contributed by atoms with E-state index >= 15 is 4.39 Å². The van der Waals surface area contributed by atoms with Crippen LogP contribution < -0.4 is 16.4 Å². The number of hydrogen-bond acceptors (Lipinski definition) is 4. The number of nitrogens with zero attached hydrogens (tertiary/aromatic N) is 2. The molecule has 1 fully saturated rings. The van der Waals surface area contributed by atoms with Crippen molar-refractivity contribution in [2.24, 2.45) is 16.6 Å². The van der Waals surface area contributed by atoms with Crippen LogP contribution in [0.2, 0.25) is 0 Å². The van der Waals surface area contributed by atoms with Crippen LogP contribution >= 0.6 is 0 Å². The molecule has 35 heavy (non-hydrogen) atoms. The third kappa shape index (κ3) is 5.71. The monoisotopic (exact) mass is 483 g/mol. The zero-order chi connectivity index (χ0) is 25.5. The Balaban J connectivity index is 1.71. The molecule has 1 aromatic heterocycles. The fourth-order valence-electron chi connectivity index (χ4n) is 5.60. The number of rotatable bonds is 6. The minimum atomic E-state index is -0.758. The lowest BCUT2D eigenvalue weighted by Gasteiger charge is -2.36. The number of carbonyl (C=O) groups excluding carboxylic acids is 1. The highest BCUT2D eigenvalue weighted by molar-refractivity contribution is 5.99. The third-order valence-electron chi connectivity index (χ3n) is 7.56. The van der Waals surface area contributed by atoms with Gasteiger partial charge >= 0.3 is 0 Å². The molecule has 192 valence electrons. The molecule has 4 rings (SSSR count). The van der Waals surface area contributed by atoms with Gasteiger partial charge in [-0.05, 0) is 61.5 Å². The van der Waals surface area contributed by atoms with Gasteiger partial charge in [0.15, 0.2) is 0 Å². The fraction of sp³-hybridized carbons (Fsp3) is 0.643. The maximum absolute atomic E-state index is 15.4. The van der Waals surface area contributed by atoms with E-state index in [1.165, 1.54) is 11.6 Å². The summed E-state index contributed by atoms with van der Waals surface area (Å²) >= 11 is 0. The number of nitrogens with two attached hydrogens (primary N) is 1. The molecule has 2 aliphatic rings. The smallest absolute Gasteiger partial charge is 0.253 e. The Hall–Kier alpha value is -2.41. The summed E-state index contributed by atoms with van der Waals surface area (Å²) in [5.41, 5.74) is 10.4. The van der Waals surface area contributed by atoms with Crippen LogP contribution in [0, 0.1) is 23.6 Å². The van der Waals surface area contributed by atoms with Crippen LogP contribution in [0.3, 0.4) is 0 Å². The van der Waals surface area contributed by atoms with Crippen molar-refractivity contribution in [1.29, 1.82) is 0 Å². The lowest BCUT2D eigenvalue weighted by atomic mass is 9.76. The SMILES string of the molecule is Cc1nn(-c2cc(F)c(C(N)=O)c(N[C@H]3CCCC[C@@H]3NCC(C)(C)C)c2)c2c1CCC(C)(C)C2. The number of amides is 1. The first-order chi connectivity index (χ1) is 16.3. The topological polar surface area (TPSA) is 85.0 Å². The molecule has 2 aliphatic carbocycles. The molecule has 0 unspecified atom stereocenters. The number of hydrogen-bond donors (Lipinski definition) is 3. The summed E-state index contributed by atoms with van der Waals surface area (Å²) in [5.74, 6) is -1.36. The number of nitrogens with one attached hydrogen (secondary N) is 2. The number of primary amides is 1. The van der Waals surface area contributed by atoms with E-state index in [1.54, 1.807) is 0 Å². The highest BCUT2D eigenvalue weighted by Gasteiger charge is 2.32. The number of benzene rings is 1. The average Bonchev–Trinajstić information content (AvgIpc) is 3.06. The predicted octanol–water partition coefficient (Wildman–Crippen LogP) is 5.29. The Morgan fingerprint density at radius 2 is 1.91 bits per heavy atom. The molecule has 2 aromatic rings. The van der Waals surface area contributed by atoms with Gasteiger partial charge in [-0.15, -0.1) is 0 Å². The second-order valence-electron chi connectivity index (χ2n) is 12.6. The molecule has 1 heterocycles. The zero-order valence-corrected chi connectivity index (χ0v) is 22.2. The number of anilines is 1. The van der Waals surface area contributed by atoms with Crippen molar-refractivity contribution >= 4 is 11.6 Å². The summed E-state index contributed by atoms with van der Waals surface area (Å²) in [6.45, 7) is 14.1. The normalized spacial score (nSPS) is 22.0. The van der Waals surface area contributed by atoms with Gasteiger partial charge in [-0.2, -0.15) is 5.10 Å². The Morgan fingerprint density at radius 1 is 1.23 bits per heavy atom. The van der Waals surface area contributed by atoms with Crippen molar-refractivity contribution in [3.05, 3.63) is 40.5 Å². The van der Waals surface area contributed by atoms with Crippen molar-refractivity contribution in [3.63, 3.8) is 0 Å². The zero-order valence-electron chi connectivity index (χ0n) is 22.2. The lowest BCUT2D eigenvalue weighted by Crippen LogP contribution is -2.48. The number of aromatic nitrogens is 2. The summed E-state index contributed by atoms with van der Waals surface area (Å²) in [5, 5.41) is 12.0. The van der Waals surface area contributed by atoms with Gasteiger partial charge in [-0.1, -0.05) is 47.5 Å². The molecular formula is C28H42FN5O. The van der Waals surface area contributed by atoms with Crippen LogP contribution in [-0.2, 0) is 12.8 Å². The van der Waals surface area contributed by atoms with E-state index in [1.807, 2.05) is 17.7 Å². The van der Waals surface area contributed by atoms with E-state index < -0.39 is 11.7 Å². The number of carbonyl (C=O) groups is 1. The van der Waals surface area contributed by atoms with Gasteiger partial charge < -0.3 is 16.4 Å². The summed E-state index contributed by atoms with van der Waals surface area (Å²) in [4.78, 5) is 12.3. The van der Waals surface area contributed by atoms with Gasteiger partial charge in [-0.25, -0.2) is 9.07 Å². The van der Waals surface area contributed by atoms with Gasteiger partial charge in [0, 0.05) is 30.4 Å². The molecule has 0 saturated heterocycles. The highest BCUT2D eigenvalue weighted by Crippen LogP contribution is 2.38. The molecule has 7 heteroatoms. The maximum Gasteiger partial charge on any atom is 0.253 e. The Morgan fingerprint density at radius 3 is 2.57 bits per heavy atom. The van der Waals surface area contributed by atoms with Crippen molar-refractivity contribution in [2.45, 2.75) is 98.6 Å². The molecular weight excluding hydrogens is 441 g/mol. The van der Waals surface area contributed by atoms with Gasteiger partial charge in [0.05, 0.1) is 22.6 Å². The molecule has 1 saturated carbocycles. The van der Waals surface area contributed by atoms with Crippen LogP contribution in [0.4, 0.5) is 10.1 Å². The van der Waals surface area contributed by atoms with Crippen LogP contribution in [-0.4, -0.2) is 34.3 Å². The largest absolute Gasteiger partial charge is 0.380 e. The van der Waals surface area contributed by atoms with E-state index in [0.29, 0.717) is 11.4 Å². The maximum atomic E-state index is 15.4. The van der Waals surface area contributed by atoms with Crippen LogP contribution in [0.15, 0.2) is 12.1 Å². The molecule has 0 aliphatic heterocycles. The molecule has 1 amide bonds. The van der Waals surface area contributed by atoms with E-state index in [2.05, 4.69) is 45.3 Å². The Labute approximate surface area is 209 Å². The van der Waals surface area contributed by atoms with E-state index in [-0.39, 0.29) is 28.5 Å². The van der Waals surface area contributed by atoms with Gasteiger partial charge in [-0.3, -0.25) is 4.79 Å². The molecule has 6 nitrogen and oxygen atoms in total. The molecule has 0 radical (unpaired) electrons. The minimum absolute atomic E-state index is 0.0769. The van der Waals surface area contributed by atoms with Crippen LogP contribution in [0.25, 0.3) is 5.69 Å². The summed E-state index contributed by atoms with van der Waals surface area (Å²) < 4.78 is 17.3. The average molecular weight is 484 g/mol. The van der Waals surface area contributed by atoms with Gasteiger partial charge in [0.1, 0.15) is 5.82 Å². The molecule has 0 spiro atoms. The van der Waals surface area contributed by atoms with Gasteiger partial charge in [0.25, 0.3) is 5.91 Å². The van der Waals surface area contributed by atoms with E-state index in [9.17, 15) is 4.79 Å². The van der Waals surface area contributed by atoms with Gasteiger partial charge in [0.2, 0.25) is 0 Å². The van der Waals surface area contributed by atoms with Crippen molar-refractivity contribution < 1.29 is 9.18 Å². The van der Waals surface area contributed by atoms with Crippen molar-refractivity contribution in [2.75, 3.05) is 11.9 Å². The van der Waals surface area contributed by atoms with Crippen LogP contribution in [0.1, 0.15) is 94.0 Å². The first kappa shape index (κ1) is 25.7. The first-order valence-corrected chi connectivity index (χ1v) is 13.1. The second-order valence-corrected chi connectivity index (χ2v) is 12.6. The lowest BCUT2D eigenvalue weighted by molar-refractivity contribution is 0.0997. The third-order valence-corrected chi connectivity index (χ3v) is 7.56. The molecule has 0 bridgehead atoms. The standard InChI is InChI=1S/C28H42FN5O/c1-17-19-11-12-28(5,6)15-24(19)34(33-17)18-13-20(29)25(26(30)35)23(14-18)32-22-10-8-7-9-21(22)31-16-27(2,3)4/h13-14,21-22,31-32H,7-12,15-16H2,1-6H3,(H2,30,35)/t21-,22-/m0/s1. The minimum Gasteiger partial charge on any atom is -0.380 e.